The van der Waals surface area contributed by atoms with Crippen molar-refractivity contribution in [1.82, 2.24) is 34.9 Å². The molecule has 0 aromatic carbocycles. The molecule has 2 aliphatic rings. The molecular formula is C21H19FN8O. The molecule has 0 unspecified atom stereocenters. The molecule has 1 aliphatic heterocycles. The van der Waals surface area contributed by atoms with Crippen LogP contribution in [-0.4, -0.2) is 48.0 Å². The van der Waals surface area contributed by atoms with Crippen molar-refractivity contribution in [3.63, 3.8) is 0 Å². The van der Waals surface area contributed by atoms with Crippen LogP contribution in [-0.2, 0) is 6.42 Å². The molecule has 4 aromatic heterocycles. The third kappa shape index (κ3) is 3.11. The summed E-state index contributed by atoms with van der Waals surface area (Å²) in [6.07, 6.45) is 7.67. The van der Waals surface area contributed by atoms with Crippen LogP contribution in [0.4, 0.5) is 10.3 Å². The fourth-order valence-corrected chi connectivity index (χ4v) is 4.03. The molecule has 5 heterocycles. The summed E-state index contributed by atoms with van der Waals surface area (Å²) in [4.78, 5) is 31.1. The van der Waals surface area contributed by atoms with E-state index in [1.807, 2.05) is 4.90 Å². The molecule has 1 aliphatic carbocycles. The van der Waals surface area contributed by atoms with Gasteiger partial charge in [-0.1, -0.05) is 0 Å². The summed E-state index contributed by atoms with van der Waals surface area (Å²) in [6.45, 7) is 0.601. The number of aromatic amines is 1. The van der Waals surface area contributed by atoms with E-state index in [4.69, 9.17) is 0 Å². The Balaban J connectivity index is 1.43. The van der Waals surface area contributed by atoms with E-state index in [1.165, 1.54) is 10.6 Å². The van der Waals surface area contributed by atoms with Crippen molar-refractivity contribution in [2.24, 2.45) is 0 Å². The van der Waals surface area contributed by atoms with Crippen molar-refractivity contribution in [3.05, 3.63) is 71.6 Å². The van der Waals surface area contributed by atoms with Gasteiger partial charge in [-0.15, -0.1) is 0 Å². The van der Waals surface area contributed by atoms with Gasteiger partial charge in [0.1, 0.15) is 23.1 Å². The number of nitrogens with one attached hydrogen (secondary N) is 2. The Morgan fingerprint density at radius 1 is 1.26 bits per heavy atom. The third-order valence-corrected chi connectivity index (χ3v) is 5.72. The first-order valence-corrected chi connectivity index (χ1v) is 10.2. The maximum Gasteiger partial charge on any atom is 0.270 e. The number of rotatable bonds is 4. The predicted octanol–water partition coefficient (Wildman–Crippen LogP) is 2.03. The highest BCUT2D eigenvalue weighted by Crippen LogP contribution is 2.35. The highest BCUT2D eigenvalue weighted by Gasteiger charge is 2.35. The quantitative estimate of drug-likeness (QED) is 0.526. The minimum atomic E-state index is -0.406. The predicted molar refractivity (Wildman–Crippen MR) is 109 cm³/mol. The summed E-state index contributed by atoms with van der Waals surface area (Å²) in [5, 5.41) is 7.56. The Kier molecular flexibility index (Phi) is 3.98. The van der Waals surface area contributed by atoms with Crippen molar-refractivity contribution >= 4 is 17.4 Å². The van der Waals surface area contributed by atoms with Crippen LogP contribution in [0.5, 0.6) is 0 Å². The molecule has 1 atom stereocenters. The molecule has 0 radical (unpaired) electrons. The van der Waals surface area contributed by atoms with Crippen LogP contribution in [0.2, 0.25) is 0 Å². The van der Waals surface area contributed by atoms with Gasteiger partial charge in [0, 0.05) is 37.1 Å². The molecule has 156 valence electrons. The van der Waals surface area contributed by atoms with E-state index in [0.29, 0.717) is 29.4 Å². The Morgan fingerprint density at radius 3 is 3.00 bits per heavy atom. The van der Waals surface area contributed by atoms with Crippen LogP contribution in [0.15, 0.2) is 43.0 Å². The molecule has 6 rings (SSSR count). The molecule has 1 fully saturated rings. The molecule has 0 saturated heterocycles. The van der Waals surface area contributed by atoms with Gasteiger partial charge in [-0.3, -0.25) is 4.79 Å². The second-order valence-electron chi connectivity index (χ2n) is 7.86. The van der Waals surface area contributed by atoms with E-state index in [9.17, 15) is 9.18 Å². The van der Waals surface area contributed by atoms with Crippen LogP contribution in [0.1, 0.15) is 46.5 Å². The largest absolute Gasteiger partial charge is 0.348 e. The normalized spacial score (nSPS) is 18.2. The Hall–Kier alpha value is -3.82. The van der Waals surface area contributed by atoms with Crippen LogP contribution in [0.3, 0.4) is 0 Å². The number of amides is 1. The number of halogens is 1. The molecule has 0 spiro atoms. The molecular weight excluding hydrogens is 399 g/mol. The highest BCUT2D eigenvalue weighted by atomic mass is 19.1. The number of pyridine rings is 1. The summed E-state index contributed by atoms with van der Waals surface area (Å²) >= 11 is 0. The smallest absolute Gasteiger partial charge is 0.270 e. The summed E-state index contributed by atoms with van der Waals surface area (Å²) in [5.41, 5.74) is 3.14. The number of H-pyrrole nitrogens is 1. The third-order valence-electron chi connectivity index (χ3n) is 5.72. The number of carbonyl (C=O) groups is 1. The zero-order chi connectivity index (χ0) is 20.9. The summed E-state index contributed by atoms with van der Waals surface area (Å²) in [7, 11) is 0. The average Bonchev–Trinajstić information content (AvgIpc) is 3.29. The standard InChI is InChI=1S/C21H19FN8O/c22-13-2-1-8-30-17(13)10-16(28-30)19-18-14(24-11-25-18)6-9-29(19)21-23-7-5-15(27-21)20(31)26-12-3-4-12/h1-2,5,7-8,10-12,19H,3-4,6,9H2,(H,24,25)(H,26,31)/t19-/m1/s1. The lowest BCUT2D eigenvalue weighted by atomic mass is 10.00. The molecule has 0 bridgehead atoms. The van der Waals surface area contributed by atoms with E-state index in [1.54, 1.807) is 36.9 Å². The number of carbonyl (C=O) groups excluding carboxylic acids is 1. The second kappa shape index (κ2) is 6.86. The molecule has 2 N–H and O–H groups in total. The van der Waals surface area contributed by atoms with Crippen molar-refractivity contribution in [3.8, 4) is 0 Å². The summed E-state index contributed by atoms with van der Waals surface area (Å²) < 4.78 is 15.8. The van der Waals surface area contributed by atoms with Crippen LogP contribution >= 0.6 is 0 Å². The first kappa shape index (κ1) is 18.0. The van der Waals surface area contributed by atoms with Gasteiger partial charge in [0.2, 0.25) is 5.95 Å². The highest BCUT2D eigenvalue weighted by molar-refractivity contribution is 5.92. The fraction of sp³-hybridized carbons (Fsp3) is 0.286. The lowest BCUT2D eigenvalue weighted by molar-refractivity contribution is 0.0946. The van der Waals surface area contributed by atoms with Crippen molar-refractivity contribution in [1.29, 1.82) is 0 Å². The number of imidazole rings is 1. The lowest BCUT2D eigenvalue weighted by Crippen LogP contribution is -2.38. The van der Waals surface area contributed by atoms with Gasteiger partial charge in [-0.05, 0) is 37.1 Å². The van der Waals surface area contributed by atoms with E-state index in [0.717, 1.165) is 30.7 Å². The first-order chi connectivity index (χ1) is 15.2. The molecule has 4 aromatic rings. The van der Waals surface area contributed by atoms with Gasteiger partial charge in [0.25, 0.3) is 5.91 Å². The van der Waals surface area contributed by atoms with Gasteiger partial charge in [-0.25, -0.2) is 23.9 Å². The van der Waals surface area contributed by atoms with Crippen molar-refractivity contribution < 1.29 is 9.18 Å². The molecule has 1 saturated carbocycles. The number of hydrogen-bond acceptors (Lipinski definition) is 6. The van der Waals surface area contributed by atoms with Gasteiger partial charge in [-0.2, -0.15) is 5.10 Å². The Morgan fingerprint density at radius 2 is 2.16 bits per heavy atom. The van der Waals surface area contributed by atoms with Gasteiger partial charge < -0.3 is 15.2 Å². The van der Waals surface area contributed by atoms with E-state index in [-0.39, 0.29) is 17.8 Å². The molecule has 31 heavy (non-hydrogen) atoms. The van der Waals surface area contributed by atoms with Crippen molar-refractivity contribution in [2.75, 3.05) is 11.4 Å². The maximum absolute atomic E-state index is 14.3. The topological polar surface area (TPSA) is 104 Å². The number of hydrogen-bond donors (Lipinski definition) is 2. The fourth-order valence-electron chi connectivity index (χ4n) is 4.03. The van der Waals surface area contributed by atoms with Crippen molar-refractivity contribution in [2.45, 2.75) is 31.3 Å². The molecule has 10 heteroatoms. The Labute approximate surface area is 176 Å². The summed E-state index contributed by atoms with van der Waals surface area (Å²) in [6, 6.07) is 6.19. The molecule has 9 nitrogen and oxygen atoms in total. The number of aromatic nitrogens is 6. The first-order valence-electron chi connectivity index (χ1n) is 10.2. The minimum Gasteiger partial charge on any atom is -0.348 e. The minimum absolute atomic E-state index is 0.199. The van der Waals surface area contributed by atoms with Gasteiger partial charge >= 0.3 is 0 Å². The second-order valence-corrected chi connectivity index (χ2v) is 7.86. The van der Waals surface area contributed by atoms with Gasteiger partial charge in [0.15, 0.2) is 0 Å². The SMILES string of the molecule is O=C(NC1CC1)c1ccnc(N2CCc3[nH]cnc3[C@H]2c2cc3c(F)cccn3n2)n1. The summed E-state index contributed by atoms with van der Waals surface area (Å²) in [5.74, 6) is -0.129. The number of nitrogens with zero attached hydrogens (tertiary/aromatic N) is 6. The van der Waals surface area contributed by atoms with E-state index in [2.05, 4.69) is 30.4 Å². The van der Waals surface area contributed by atoms with Gasteiger partial charge in [0.05, 0.1) is 17.7 Å². The van der Waals surface area contributed by atoms with Crippen LogP contribution < -0.4 is 10.2 Å². The molecule has 1 amide bonds. The number of anilines is 1. The van der Waals surface area contributed by atoms with E-state index >= 15 is 0 Å². The average molecular weight is 418 g/mol. The van der Waals surface area contributed by atoms with Crippen LogP contribution in [0.25, 0.3) is 5.52 Å². The Bertz CT molecular complexity index is 1290. The van der Waals surface area contributed by atoms with E-state index < -0.39 is 6.04 Å². The maximum atomic E-state index is 14.3. The van der Waals surface area contributed by atoms with Crippen LogP contribution in [0, 0.1) is 5.82 Å². The monoisotopic (exact) mass is 418 g/mol. The lowest BCUT2D eigenvalue weighted by Gasteiger charge is -2.34. The number of fused-ring (bicyclic) bond motifs is 2. The zero-order valence-corrected chi connectivity index (χ0v) is 16.5. The zero-order valence-electron chi connectivity index (χ0n) is 16.5.